The Hall–Kier alpha value is -2.06. The summed E-state index contributed by atoms with van der Waals surface area (Å²) < 4.78 is 0. The Morgan fingerprint density at radius 2 is 1.59 bits per heavy atom. The minimum Gasteiger partial charge on any atom is -0.393 e. The normalized spacial score (nSPS) is 15.1. The van der Waals surface area contributed by atoms with Gasteiger partial charge in [-0.05, 0) is 73.1 Å². The molecule has 2 atom stereocenters. The van der Waals surface area contributed by atoms with Crippen LogP contribution in [-0.2, 0) is 6.42 Å². The van der Waals surface area contributed by atoms with Gasteiger partial charge >= 0.3 is 0 Å². The Balaban J connectivity index is 0.000000757. The number of benzene rings is 1. The molecule has 37 heavy (non-hydrogen) atoms. The van der Waals surface area contributed by atoms with Crippen molar-refractivity contribution in [2.24, 2.45) is 11.3 Å². The fourth-order valence-electron chi connectivity index (χ4n) is 4.13. The maximum atomic E-state index is 10.3. The largest absolute Gasteiger partial charge is 0.393 e. The summed E-state index contributed by atoms with van der Waals surface area (Å²) in [4.78, 5) is 0. The van der Waals surface area contributed by atoms with E-state index in [1.807, 2.05) is 27.1 Å². The van der Waals surface area contributed by atoms with Crippen molar-refractivity contribution < 1.29 is 5.11 Å². The van der Waals surface area contributed by atoms with Gasteiger partial charge in [-0.25, -0.2) is 0 Å². The van der Waals surface area contributed by atoms with Crippen LogP contribution in [0.25, 0.3) is 5.57 Å². The van der Waals surface area contributed by atoms with E-state index in [9.17, 15) is 5.11 Å². The van der Waals surface area contributed by atoms with E-state index in [0.717, 1.165) is 35.5 Å². The molecule has 0 aliphatic rings. The first-order chi connectivity index (χ1) is 17.3. The smallest absolute Gasteiger partial charge is 0.0863 e. The van der Waals surface area contributed by atoms with Crippen LogP contribution >= 0.6 is 0 Å². The maximum Gasteiger partial charge on any atom is 0.0863 e. The molecule has 0 bridgehead atoms. The van der Waals surface area contributed by atoms with Crippen LogP contribution in [0.3, 0.4) is 0 Å². The zero-order valence-corrected chi connectivity index (χ0v) is 26.0. The molecule has 0 aliphatic carbocycles. The van der Waals surface area contributed by atoms with E-state index in [4.69, 9.17) is 0 Å². The third kappa shape index (κ3) is 15.7. The molecule has 0 saturated heterocycles. The summed E-state index contributed by atoms with van der Waals surface area (Å²) in [6.45, 7) is 23.6. The predicted molar refractivity (Wildman–Crippen MR) is 168 cm³/mol. The lowest BCUT2D eigenvalue weighted by Gasteiger charge is -2.24. The van der Waals surface area contributed by atoms with Gasteiger partial charge in [0.15, 0.2) is 0 Å². The van der Waals surface area contributed by atoms with Crippen LogP contribution in [0.2, 0.25) is 0 Å². The van der Waals surface area contributed by atoms with Crippen LogP contribution < -0.4 is 5.32 Å². The van der Waals surface area contributed by atoms with Crippen molar-refractivity contribution >= 4 is 5.57 Å². The van der Waals surface area contributed by atoms with Crippen LogP contribution in [0.1, 0.15) is 118 Å². The first-order valence-electron chi connectivity index (χ1n) is 14.5. The Kier molecular flexibility index (Phi) is 17.2. The second kappa shape index (κ2) is 18.2. The molecule has 0 spiro atoms. The minimum absolute atomic E-state index is 0.432. The highest BCUT2D eigenvalue weighted by molar-refractivity contribution is 5.73. The summed E-state index contributed by atoms with van der Waals surface area (Å²) in [5.41, 5.74) is 5.49. The van der Waals surface area contributed by atoms with Gasteiger partial charge in [-0.2, -0.15) is 0 Å². The molecule has 0 aliphatic heterocycles. The van der Waals surface area contributed by atoms with E-state index in [-0.39, 0.29) is 0 Å². The Bertz CT molecular complexity index is 846. The Labute approximate surface area is 231 Å². The highest BCUT2D eigenvalue weighted by Gasteiger charge is 2.21. The zero-order chi connectivity index (χ0) is 28.5. The lowest BCUT2D eigenvalue weighted by atomic mass is 9.81. The van der Waals surface area contributed by atoms with Crippen molar-refractivity contribution in [2.45, 2.75) is 119 Å². The van der Waals surface area contributed by atoms with E-state index in [2.05, 4.69) is 103 Å². The highest BCUT2D eigenvalue weighted by atomic mass is 16.3. The number of nitrogens with one attached hydrogen (secondary N) is 1. The Morgan fingerprint density at radius 3 is 2.05 bits per heavy atom. The van der Waals surface area contributed by atoms with Crippen LogP contribution in [0.15, 0.2) is 66.4 Å². The molecule has 0 radical (unpaired) electrons. The van der Waals surface area contributed by atoms with Crippen molar-refractivity contribution in [3.05, 3.63) is 77.5 Å². The van der Waals surface area contributed by atoms with Gasteiger partial charge in [0.1, 0.15) is 0 Å². The number of hydrogen-bond acceptors (Lipinski definition) is 2. The number of unbranched alkanes of at least 4 members (excludes halogenated alkanes) is 2. The maximum absolute atomic E-state index is 10.3. The van der Waals surface area contributed by atoms with E-state index < -0.39 is 5.60 Å². The molecule has 2 N–H and O–H groups in total. The number of rotatable bonds is 14. The van der Waals surface area contributed by atoms with E-state index >= 15 is 0 Å². The van der Waals surface area contributed by atoms with Crippen molar-refractivity contribution in [1.29, 1.82) is 0 Å². The highest BCUT2D eigenvalue weighted by Crippen LogP contribution is 2.30. The van der Waals surface area contributed by atoms with Crippen molar-refractivity contribution in [3.63, 3.8) is 0 Å². The summed E-state index contributed by atoms with van der Waals surface area (Å²) >= 11 is 0. The molecule has 0 amide bonds. The van der Waals surface area contributed by atoms with E-state index in [1.165, 1.54) is 37.7 Å². The lowest BCUT2D eigenvalue weighted by Crippen LogP contribution is -2.28. The number of hydrogen-bond donors (Lipinski definition) is 2. The molecule has 1 aromatic rings. The quantitative estimate of drug-likeness (QED) is 0.193. The third-order valence-corrected chi connectivity index (χ3v) is 6.59. The molecular formula is C35H59NO. The lowest BCUT2D eigenvalue weighted by molar-refractivity contribution is 0.0996. The molecule has 1 aromatic carbocycles. The molecule has 2 heteroatoms. The molecule has 0 heterocycles. The summed E-state index contributed by atoms with van der Waals surface area (Å²) in [6, 6.07) is 8.35. The summed E-state index contributed by atoms with van der Waals surface area (Å²) in [5.74, 6) is 0.778. The second-order valence-electron chi connectivity index (χ2n) is 12.0. The molecular weight excluding hydrogens is 450 g/mol. The molecule has 0 saturated carbocycles. The standard InChI is InChI=1S/C20H29NO.C15H30/c1-6-7-8-9-19(15-21-5)18-12-10-17(11-13-18)14-20(4,22)16(2)3;1-7-9-11-14(12-15(4,5)6)13(3)10-8-2/h8-13,15,21-22H,2,6-7,14H2,1,3-5H3;11,13H,7-10,12H2,1-6H3/b9-8-,19-15+;14-11-. The van der Waals surface area contributed by atoms with Gasteiger partial charge in [-0.1, -0.05) is 122 Å². The van der Waals surface area contributed by atoms with E-state index in [0.29, 0.717) is 11.8 Å². The van der Waals surface area contributed by atoms with Gasteiger partial charge in [0.2, 0.25) is 0 Å². The summed E-state index contributed by atoms with van der Waals surface area (Å²) in [5, 5.41) is 13.4. The third-order valence-electron chi connectivity index (χ3n) is 6.59. The number of aliphatic hydroxyl groups is 1. The molecule has 1 rings (SSSR count). The SMILES string of the molecule is C=C(C)C(C)(O)Cc1ccc(C(/C=C\CCC)=C/NC)cc1.CCC/C=C(/CC(C)(C)C)C(C)CCC. The first-order valence-corrected chi connectivity index (χ1v) is 14.5. The van der Waals surface area contributed by atoms with Crippen LogP contribution in [-0.4, -0.2) is 17.8 Å². The van der Waals surface area contributed by atoms with Crippen LogP contribution in [0, 0.1) is 11.3 Å². The average molecular weight is 510 g/mol. The molecule has 0 aromatic heterocycles. The van der Waals surface area contributed by atoms with Crippen molar-refractivity contribution in [1.82, 2.24) is 5.32 Å². The van der Waals surface area contributed by atoms with Crippen LogP contribution in [0.4, 0.5) is 0 Å². The van der Waals surface area contributed by atoms with Gasteiger partial charge in [0, 0.05) is 19.7 Å². The average Bonchev–Trinajstić information content (AvgIpc) is 2.81. The first kappa shape index (κ1) is 34.9. The van der Waals surface area contributed by atoms with Gasteiger partial charge in [0.25, 0.3) is 0 Å². The second-order valence-corrected chi connectivity index (χ2v) is 12.0. The van der Waals surface area contributed by atoms with Gasteiger partial charge < -0.3 is 10.4 Å². The van der Waals surface area contributed by atoms with Gasteiger partial charge in [-0.3, -0.25) is 0 Å². The van der Waals surface area contributed by atoms with E-state index in [1.54, 1.807) is 5.57 Å². The molecule has 0 fully saturated rings. The molecule has 210 valence electrons. The zero-order valence-electron chi connectivity index (χ0n) is 26.0. The van der Waals surface area contributed by atoms with Gasteiger partial charge in [-0.15, -0.1) is 0 Å². The monoisotopic (exact) mass is 509 g/mol. The minimum atomic E-state index is -0.855. The van der Waals surface area contributed by atoms with Gasteiger partial charge in [0.05, 0.1) is 5.60 Å². The fourth-order valence-corrected chi connectivity index (χ4v) is 4.13. The Morgan fingerprint density at radius 1 is 1.00 bits per heavy atom. The van der Waals surface area contributed by atoms with Crippen molar-refractivity contribution in [3.8, 4) is 0 Å². The van der Waals surface area contributed by atoms with Crippen LogP contribution in [0.5, 0.6) is 0 Å². The summed E-state index contributed by atoms with van der Waals surface area (Å²) in [6.07, 6.45) is 18.1. The topological polar surface area (TPSA) is 32.3 Å². The molecule has 2 unspecified atom stereocenters. The van der Waals surface area contributed by atoms with Crippen molar-refractivity contribution in [2.75, 3.05) is 7.05 Å². The molecule has 2 nitrogen and oxygen atoms in total. The summed E-state index contributed by atoms with van der Waals surface area (Å²) in [7, 11) is 1.91. The number of allylic oxidation sites excluding steroid dienone is 5. The fraction of sp³-hybridized carbons (Fsp3) is 0.600. The predicted octanol–water partition coefficient (Wildman–Crippen LogP) is 10.1.